The predicted octanol–water partition coefficient (Wildman–Crippen LogP) is 3.09. The first-order chi connectivity index (χ1) is 6.47. The average molecular weight is 244 g/mol. The van der Waals surface area contributed by atoms with Crippen LogP contribution in [0.4, 0.5) is 4.79 Å². The number of amides is 1. The zero-order valence-electron chi connectivity index (χ0n) is 10.6. The molecular formula is C11H23AlNOS+3. The Morgan fingerprint density at radius 1 is 1.13 bits per heavy atom. The second-order valence-corrected chi connectivity index (χ2v) is 5.61. The van der Waals surface area contributed by atoms with Gasteiger partial charge in [0.1, 0.15) is 0 Å². The predicted molar refractivity (Wildman–Crippen MR) is 70.5 cm³/mol. The van der Waals surface area contributed by atoms with Crippen LogP contribution in [0.15, 0.2) is 0 Å². The molecule has 0 radical (unpaired) electrons. The molecule has 0 spiro atoms. The molecule has 0 aromatic heterocycles. The number of nitrogens with zero attached hydrogens (tertiary/aromatic N) is 1. The average Bonchev–Trinajstić information content (AvgIpc) is 2.01. The number of rotatable bonds is 5. The second-order valence-electron chi connectivity index (χ2n) is 4.39. The van der Waals surface area contributed by atoms with Crippen molar-refractivity contribution in [3.63, 3.8) is 0 Å². The number of thioether (sulfide) groups is 1. The van der Waals surface area contributed by atoms with E-state index in [1.807, 2.05) is 11.8 Å². The first-order valence-electron chi connectivity index (χ1n) is 5.39. The maximum absolute atomic E-state index is 11.7. The topological polar surface area (TPSA) is 20.3 Å². The smallest absolute Gasteiger partial charge is 0.333 e. The maximum atomic E-state index is 11.7. The minimum absolute atomic E-state index is 0. The molecule has 1 amide bonds. The molecule has 0 aliphatic heterocycles. The molecule has 0 atom stereocenters. The van der Waals surface area contributed by atoms with Crippen LogP contribution in [-0.2, 0) is 0 Å². The van der Waals surface area contributed by atoms with E-state index in [4.69, 9.17) is 0 Å². The maximum Gasteiger partial charge on any atom is 3.00 e. The van der Waals surface area contributed by atoms with Crippen LogP contribution < -0.4 is 0 Å². The summed E-state index contributed by atoms with van der Waals surface area (Å²) in [5.41, 5.74) is 0. The molecule has 0 aromatic rings. The first-order valence-corrected chi connectivity index (χ1v) is 6.37. The van der Waals surface area contributed by atoms with Crippen molar-refractivity contribution in [1.82, 2.24) is 4.90 Å². The summed E-state index contributed by atoms with van der Waals surface area (Å²) in [7, 11) is 0. The van der Waals surface area contributed by atoms with Crippen LogP contribution in [0.2, 0.25) is 0 Å². The van der Waals surface area contributed by atoms with Gasteiger partial charge in [0, 0.05) is 13.1 Å². The van der Waals surface area contributed by atoms with Gasteiger partial charge < -0.3 is 4.90 Å². The zero-order valence-corrected chi connectivity index (χ0v) is 12.6. The van der Waals surface area contributed by atoms with Crippen molar-refractivity contribution in [3.05, 3.63) is 0 Å². The van der Waals surface area contributed by atoms with Gasteiger partial charge in [0.15, 0.2) is 0 Å². The molecule has 0 N–H and O–H groups in total. The Balaban J connectivity index is 0. The molecule has 0 unspecified atom stereocenters. The van der Waals surface area contributed by atoms with Gasteiger partial charge in [0.05, 0.1) is 0 Å². The molecule has 0 saturated heterocycles. The van der Waals surface area contributed by atoms with Crippen molar-refractivity contribution in [2.24, 2.45) is 11.8 Å². The third-order valence-electron chi connectivity index (χ3n) is 1.70. The minimum atomic E-state index is 0. The van der Waals surface area contributed by atoms with E-state index in [1.54, 1.807) is 0 Å². The van der Waals surface area contributed by atoms with Crippen molar-refractivity contribution in [2.75, 3.05) is 18.8 Å². The Kier molecular flexibility index (Phi) is 11.3. The second kappa shape index (κ2) is 9.57. The molecule has 0 aromatic carbocycles. The van der Waals surface area contributed by atoms with E-state index in [0.717, 1.165) is 18.8 Å². The fraction of sp³-hybridized carbons (Fsp3) is 0.909. The van der Waals surface area contributed by atoms with Crippen LogP contribution in [-0.4, -0.2) is 46.3 Å². The Bertz CT molecular complexity index is 164. The van der Waals surface area contributed by atoms with E-state index in [-0.39, 0.29) is 22.6 Å². The summed E-state index contributed by atoms with van der Waals surface area (Å²) in [6, 6.07) is 0. The summed E-state index contributed by atoms with van der Waals surface area (Å²) >= 11 is 1.41. The van der Waals surface area contributed by atoms with Gasteiger partial charge in [0.25, 0.3) is 5.24 Å². The Morgan fingerprint density at radius 3 is 1.80 bits per heavy atom. The summed E-state index contributed by atoms with van der Waals surface area (Å²) < 4.78 is 0. The molecule has 15 heavy (non-hydrogen) atoms. The molecule has 0 saturated carbocycles. The molecule has 0 fully saturated rings. The van der Waals surface area contributed by atoms with Crippen LogP contribution in [0.25, 0.3) is 0 Å². The molecule has 84 valence electrons. The van der Waals surface area contributed by atoms with E-state index in [9.17, 15) is 4.79 Å². The zero-order chi connectivity index (χ0) is 11.1. The van der Waals surface area contributed by atoms with Crippen LogP contribution in [0, 0.1) is 11.8 Å². The van der Waals surface area contributed by atoms with Gasteiger partial charge >= 0.3 is 17.4 Å². The van der Waals surface area contributed by atoms with Gasteiger partial charge in [0.2, 0.25) is 0 Å². The monoisotopic (exact) mass is 244 g/mol. The van der Waals surface area contributed by atoms with Gasteiger partial charge in [-0.05, 0) is 17.6 Å². The normalized spacial score (nSPS) is 10.3. The van der Waals surface area contributed by atoms with Crippen molar-refractivity contribution in [1.29, 1.82) is 0 Å². The fourth-order valence-electron chi connectivity index (χ4n) is 1.32. The molecule has 0 aliphatic rings. The third-order valence-corrected chi connectivity index (χ3v) is 2.49. The summed E-state index contributed by atoms with van der Waals surface area (Å²) in [5, 5.41) is 0.231. The van der Waals surface area contributed by atoms with Crippen molar-refractivity contribution in [3.8, 4) is 0 Å². The Labute approximate surface area is 109 Å². The quantitative estimate of drug-likeness (QED) is 0.693. The number of carbonyl (C=O) groups is 1. The molecule has 0 heterocycles. The molecule has 0 bridgehead atoms. The largest absolute Gasteiger partial charge is 3.00 e. The molecule has 4 heteroatoms. The Morgan fingerprint density at radius 2 is 1.53 bits per heavy atom. The number of hydrogen-bond donors (Lipinski definition) is 0. The van der Waals surface area contributed by atoms with E-state index in [0.29, 0.717) is 11.8 Å². The Hall–Kier alpha value is 0.352. The van der Waals surface area contributed by atoms with Crippen molar-refractivity contribution in [2.45, 2.75) is 34.6 Å². The van der Waals surface area contributed by atoms with E-state index >= 15 is 0 Å². The molecule has 2 nitrogen and oxygen atoms in total. The first kappa shape index (κ1) is 17.7. The van der Waals surface area contributed by atoms with Gasteiger partial charge in [-0.25, -0.2) is 0 Å². The SMILES string of the molecule is CCSC(=O)N(CC(C)C)CC(C)C.[Al+3]. The number of hydrogen-bond acceptors (Lipinski definition) is 2. The summed E-state index contributed by atoms with van der Waals surface area (Å²) in [5.74, 6) is 1.97. The van der Waals surface area contributed by atoms with Gasteiger partial charge in [-0.15, -0.1) is 0 Å². The third kappa shape index (κ3) is 9.29. The standard InChI is InChI=1S/C11H23NOS.Al/c1-6-14-11(13)12(7-9(2)3)8-10(4)5;/h9-10H,6-8H2,1-5H3;/q;+3. The van der Waals surface area contributed by atoms with Gasteiger partial charge in [-0.3, -0.25) is 4.79 Å². The van der Waals surface area contributed by atoms with Gasteiger partial charge in [-0.2, -0.15) is 0 Å². The van der Waals surface area contributed by atoms with Crippen LogP contribution in [0.1, 0.15) is 34.6 Å². The summed E-state index contributed by atoms with van der Waals surface area (Å²) in [4.78, 5) is 13.7. The van der Waals surface area contributed by atoms with Crippen LogP contribution in [0.5, 0.6) is 0 Å². The van der Waals surface area contributed by atoms with E-state index < -0.39 is 0 Å². The molecule has 0 rings (SSSR count). The van der Waals surface area contributed by atoms with Crippen molar-refractivity contribution >= 4 is 34.4 Å². The summed E-state index contributed by atoms with van der Waals surface area (Å²) in [6.07, 6.45) is 0. The summed E-state index contributed by atoms with van der Waals surface area (Å²) in [6.45, 7) is 12.4. The number of carbonyl (C=O) groups excluding carboxylic acids is 1. The van der Waals surface area contributed by atoms with E-state index in [1.165, 1.54) is 11.8 Å². The molecule has 0 aliphatic carbocycles. The fourth-order valence-corrected chi connectivity index (χ4v) is 1.90. The van der Waals surface area contributed by atoms with Crippen LogP contribution in [0.3, 0.4) is 0 Å². The van der Waals surface area contributed by atoms with Crippen molar-refractivity contribution < 1.29 is 4.79 Å². The van der Waals surface area contributed by atoms with Gasteiger partial charge in [-0.1, -0.05) is 46.4 Å². The minimum Gasteiger partial charge on any atom is -0.333 e. The molecular weight excluding hydrogens is 221 g/mol. The van der Waals surface area contributed by atoms with Crippen LogP contribution >= 0.6 is 11.8 Å². The van der Waals surface area contributed by atoms with E-state index in [2.05, 4.69) is 27.7 Å².